The van der Waals surface area contributed by atoms with Crippen molar-refractivity contribution in [3.05, 3.63) is 71.4 Å². The third-order valence-electron chi connectivity index (χ3n) is 4.55. The van der Waals surface area contributed by atoms with Gasteiger partial charge in [0.1, 0.15) is 0 Å². The predicted molar refractivity (Wildman–Crippen MR) is 115 cm³/mol. The quantitative estimate of drug-likeness (QED) is 0.653. The van der Waals surface area contributed by atoms with E-state index >= 15 is 0 Å². The van der Waals surface area contributed by atoms with E-state index in [0.29, 0.717) is 17.0 Å². The van der Waals surface area contributed by atoms with Gasteiger partial charge in [-0.25, -0.2) is 18.6 Å². The van der Waals surface area contributed by atoms with E-state index in [2.05, 4.69) is 20.6 Å². The van der Waals surface area contributed by atoms with Gasteiger partial charge in [-0.1, -0.05) is 30.0 Å². The van der Waals surface area contributed by atoms with Crippen LogP contribution in [-0.4, -0.2) is 27.1 Å². The third kappa shape index (κ3) is 3.71. The average Bonchev–Trinajstić information content (AvgIpc) is 3.06. The zero-order valence-electron chi connectivity index (χ0n) is 15.7. The van der Waals surface area contributed by atoms with Crippen LogP contribution >= 0.6 is 11.8 Å². The Bertz CT molecular complexity index is 1200. The van der Waals surface area contributed by atoms with Crippen LogP contribution in [0.4, 0.5) is 5.69 Å². The van der Waals surface area contributed by atoms with Crippen LogP contribution in [0.25, 0.3) is 4.91 Å². The summed E-state index contributed by atoms with van der Waals surface area (Å²) in [7, 11) is -2.09. The van der Waals surface area contributed by atoms with Crippen LogP contribution in [0.5, 0.6) is 0 Å². The summed E-state index contributed by atoms with van der Waals surface area (Å²) in [6, 6.07) is 14.5. The van der Waals surface area contributed by atoms with Gasteiger partial charge >= 0.3 is 0 Å². The molecule has 9 heteroatoms. The number of rotatable bonds is 4. The second-order valence-corrected chi connectivity index (χ2v) is 9.39. The molecule has 29 heavy (non-hydrogen) atoms. The maximum atomic E-state index is 12.2. The number of para-hydroxylation sites is 1. The summed E-state index contributed by atoms with van der Waals surface area (Å²) in [5.41, 5.74) is 6.18. The van der Waals surface area contributed by atoms with E-state index in [1.54, 1.807) is 31.2 Å². The number of hydrazone groups is 1. The molecule has 0 radical (unpaired) electrons. The van der Waals surface area contributed by atoms with Crippen LogP contribution in [0.2, 0.25) is 0 Å². The largest absolute Gasteiger partial charge is 0.354 e. The molecule has 0 saturated heterocycles. The number of allylic oxidation sites excluding steroid dienone is 1. The molecule has 2 heterocycles. The monoisotopic (exact) mass is 426 g/mol. The molecule has 148 valence electrons. The topological polar surface area (TPSA) is 99.7 Å². The van der Waals surface area contributed by atoms with Gasteiger partial charge < -0.3 is 5.32 Å². The minimum atomic E-state index is -3.48. The van der Waals surface area contributed by atoms with Gasteiger partial charge in [-0.05, 0) is 50.4 Å². The van der Waals surface area contributed by atoms with Crippen molar-refractivity contribution in [3.8, 4) is 0 Å². The minimum absolute atomic E-state index is 0.210. The molecular formula is C20H18N4O3S2. The molecule has 0 saturated carbocycles. The van der Waals surface area contributed by atoms with Gasteiger partial charge in [-0.2, -0.15) is 5.10 Å². The summed E-state index contributed by atoms with van der Waals surface area (Å²) in [5.74, 6) is -0.244. The number of nitrogens with zero attached hydrogens (tertiary/aromatic N) is 1. The number of sulfonamides is 1. The van der Waals surface area contributed by atoms with Gasteiger partial charge in [0.25, 0.3) is 5.91 Å². The molecule has 1 amide bonds. The van der Waals surface area contributed by atoms with E-state index in [9.17, 15) is 13.2 Å². The van der Waals surface area contributed by atoms with Crippen LogP contribution in [0, 0.1) is 0 Å². The van der Waals surface area contributed by atoms with Crippen molar-refractivity contribution < 1.29 is 13.2 Å². The number of carbonyl (C=O) groups excluding carboxylic acids is 1. The number of thioether (sulfide) groups is 1. The standard InChI is InChI=1S/C20H18N4O3S2/c1-12-19(20(25)24-23-12)17-11-18(15-5-3-4-6-16(15)22-17)28-13-7-9-14(10-8-13)29(26,27)21-2/h3-11,21-22H,1-2H3,(H,24,25). The van der Waals surface area contributed by atoms with Crippen LogP contribution in [-0.2, 0) is 14.8 Å². The van der Waals surface area contributed by atoms with E-state index in [1.807, 2.05) is 30.3 Å². The normalized spacial score (nSPS) is 18.5. The Labute approximate surface area is 173 Å². The molecule has 0 atom stereocenters. The first-order valence-electron chi connectivity index (χ1n) is 8.78. The number of carbonyl (C=O) groups is 1. The van der Waals surface area contributed by atoms with Crippen LogP contribution in [0.1, 0.15) is 12.5 Å². The molecule has 3 N–H and O–H groups in total. The first-order valence-corrected chi connectivity index (χ1v) is 11.1. The van der Waals surface area contributed by atoms with E-state index in [1.165, 1.54) is 18.8 Å². The molecule has 2 aromatic carbocycles. The average molecular weight is 427 g/mol. The Morgan fingerprint density at radius 2 is 1.79 bits per heavy atom. The summed E-state index contributed by atoms with van der Waals surface area (Å²) >= 11 is 1.50. The fourth-order valence-corrected chi connectivity index (χ4v) is 4.80. The molecule has 2 aliphatic heterocycles. The molecule has 0 unspecified atom stereocenters. The summed E-state index contributed by atoms with van der Waals surface area (Å²) in [5, 5.41) is 7.31. The fourth-order valence-electron chi connectivity index (χ4n) is 3.08. The molecular weight excluding hydrogens is 408 g/mol. The van der Waals surface area contributed by atoms with Gasteiger partial charge in [0.2, 0.25) is 10.0 Å². The number of benzene rings is 2. The SMILES string of the molecule is CNS(=O)(=O)c1ccc(SC2=CC(=C3C(=O)NN=C3C)Nc3ccccc32)cc1. The molecule has 0 bridgehead atoms. The molecule has 7 nitrogen and oxygen atoms in total. The van der Waals surface area contributed by atoms with Crippen molar-refractivity contribution in [1.82, 2.24) is 10.1 Å². The van der Waals surface area contributed by atoms with Crippen molar-refractivity contribution >= 4 is 44.0 Å². The Kier molecular flexibility index (Phi) is 5.03. The van der Waals surface area contributed by atoms with Gasteiger partial charge in [-0.15, -0.1) is 0 Å². The van der Waals surface area contributed by atoms with Crippen molar-refractivity contribution in [2.45, 2.75) is 16.7 Å². The second kappa shape index (κ2) is 7.51. The van der Waals surface area contributed by atoms with Gasteiger partial charge in [0, 0.05) is 21.1 Å². The minimum Gasteiger partial charge on any atom is -0.354 e. The number of amides is 1. The van der Waals surface area contributed by atoms with E-state index in [0.717, 1.165) is 21.1 Å². The number of hydrogen-bond acceptors (Lipinski definition) is 6. The maximum Gasteiger partial charge on any atom is 0.275 e. The van der Waals surface area contributed by atoms with Gasteiger partial charge in [0.05, 0.1) is 21.9 Å². The lowest BCUT2D eigenvalue weighted by Gasteiger charge is -2.22. The summed E-state index contributed by atoms with van der Waals surface area (Å²) in [4.78, 5) is 14.2. The van der Waals surface area contributed by atoms with E-state index in [4.69, 9.17) is 0 Å². The van der Waals surface area contributed by atoms with Gasteiger partial charge in [0.15, 0.2) is 0 Å². The van der Waals surface area contributed by atoms with Gasteiger partial charge in [-0.3, -0.25) is 4.79 Å². The number of nitrogens with one attached hydrogen (secondary N) is 3. The first kappa shape index (κ1) is 19.4. The van der Waals surface area contributed by atoms with E-state index < -0.39 is 10.0 Å². The highest BCUT2D eigenvalue weighted by Crippen LogP contribution is 2.42. The van der Waals surface area contributed by atoms with Crippen LogP contribution in [0.3, 0.4) is 0 Å². The summed E-state index contributed by atoms with van der Waals surface area (Å²) < 4.78 is 26.2. The Hall–Kier alpha value is -2.88. The predicted octanol–water partition coefficient (Wildman–Crippen LogP) is 2.91. The maximum absolute atomic E-state index is 12.2. The molecule has 0 aliphatic carbocycles. The number of hydrogen-bond donors (Lipinski definition) is 3. The van der Waals surface area contributed by atoms with E-state index in [-0.39, 0.29) is 10.8 Å². The van der Waals surface area contributed by atoms with Crippen molar-refractivity contribution in [2.24, 2.45) is 5.10 Å². The highest BCUT2D eigenvalue weighted by Gasteiger charge is 2.26. The zero-order chi connectivity index (χ0) is 20.6. The fraction of sp³-hybridized carbons (Fsp3) is 0.100. The Balaban J connectivity index is 1.74. The lowest BCUT2D eigenvalue weighted by molar-refractivity contribution is -0.116. The van der Waals surface area contributed by atoms with Crippen LogP contribution < -0.4 is 15.5 Å². The second-order valence-electron chi connectivity index (χ2n) is 6.39. The third-order valence-corrected chi connectivity index (χ3v) is 7.05. The Morgan fingerprint density at radius 3 is 2.45 bits per heavy atom. The summed E-state index contributed by atoms with van der Waals surface area (Å²) in [6.07, 6.45) is 1.92. The molecule has 0 spiro atoms. The molecule has 0 fully saturated rings. The van der Waals surface area contributed by atoms with Crippen molar-refractivity contribution in [3.63, 3.8) is 0 Å². The lowest BCUT2D eigenvalue weighted by atomic mass is 10.0. The molecule has 0 aromatic heterocycles. The number of anilines is 1. The Morgan fingerprint density at radius 1 is 1.07 bits per heavy atom. The molecule has 2 aliphatic rings. The lowest BCUT2D eigenvalue weighted by Crippen LogP contribution is -2.18. The highest BCUT2D eigenvalue weighted by molar-refractivity contribution is 8.08. The summed E-state index contributed by atoms with van der Waals surface area (Å²) in [6.45, 7) is 1.78. The molecule has 2 aromatic rings. The molecule has 4 rings (SSSR count). The van der Waals surface area contributed by atoms with Crippen LogP contribution in [0.15, 0.2) is 80.8 Å². The first-order chi connectivity index (χ1) is 13.9. The highest BCUT2D eigenvalue weighted by atomic mass is 32.2. The van der Waals surface area contributed by atoms with Crippen molar-refractivity contribution in [2.75, 3.05) is 12.4 Å². The number of fused-ring (bicyclic) bond motifs is 1. The van der Waals surface area contributed by atoms with Crippen molar-refractivity contribution in [1.29, 1.82) is 0 Å². The smallest absolute Gasteiger partial charge is 0.275 e. The zero-order valence-corrected chi connectivity index (χ0v) is 17.3.